The number of para-hydroxylation sites is 1. The minimum atomic E-state index is -4.05. The quantitative estimate of drug-likeness (QED) is 0.929. The van der Waals surface area contributed by atoms with Crippen LogP contribution in [0.15, 0.2) is 53.4 Å². The van der Waals surface area contributed by atoms with Crippen LogP contribution in [-0.2, 0) is 21.2 Å². The number of fused-ring (bicyclic) bond motifs is 1. The van der Waals surface area contributed by atoms with Crippen molar-refractivity contribution in [2.75, 3.05) is 11.4 Å². The van der Waals surface area contributed by atoms with Crippen LogP contribution in [-0.4, -0.2) is 27.4 Å². The van der Waals surface area contributed by atoms with Crippen molar-refractivity contribution in [1.82, 2.24) is 5.32 Å². The van der Waals surface area contributed by atoms with Crippen LogP contribution in [0.1, 0.15) is 5.56 Å². The van der Waals surface area contributed by atoms with Crippen LogP contribution in [0.2, 0.25) is 0 Å². The molecular weight excluding hydrogens is 319 g/mol. The molecule has 1 amide bonds. The number of amides is 1. The first-order chi connectivity index (χ1) is 10.9. The van der Waals surface area contributed by atoms with E-state index in [1.54, 1.807) is 24.3 Å². The molecule has 2 aromatic carbocycles. The fourth-order valence-electron chi connectivity index (χ4n) is 2.76. The summed E-state index contributed by atoms with van der Waals surface area (Å²) in [4.78, 5) is 12.0. The van der Waals surface area contributed by atoms with Gasteiger partial charge in [0, 0.05) is 13.5 Å². The van der Waals surface area contributed by atoms with Gasteiger partial charge in [0.2, 0.25) is 5.91 Å². The zero-order valence-corrected chi connectivity index (χ0v) is 13.2. The summed E-state index contributed by atoms with van der Waals surface area (Å²) in [6.07, 6.45) is 0.282. The Labute approximate surface area is 133 Å². The van der Waals surface area contributed by atoms with Gasteiger partial charge in [-0.2, -0.15) is 0 Å². The average molecular weight is 334 g/mol. The molecule has 5 nitrogen and oxygen atoms in total. The van der Waals surface area contributed by atoms with Crippen molar-refractivity contribution in [3.8, 4) is 0 Å². The molecule has 0 fully saturated rings. The van der Waals surface area contributed by atoms with Crippen LogP contribution in [0.5, 0.6) is 0 Å². The molecule has 1 heterocycles. The van der Waals surface area contributed by atoms with Crippen LogP contribution in [0.3, 0.4) is 0 Å². The summed E-state index contributed by atoms with van der Waals surface area (Å²) in [6, 6.07) is 10.8. The lowest BCUT2D eigenvalue weighted by Gasteiger charge is -2.25. The number of rotatable bonds is 3. The monoisotopic (exact) mass is 334 g/mol. The van der Waals surface area contributed by atoms with E-state index in [-0.39, 0.29) is 11.3 Å². The molecule has 0 aliphatic carbocycles. The second kappa shape index (κ2) is 5.66. The maximum absolute atomic E-state index is 13.4. The van der Waals surface area contributed by atoms with Gasteiger partial charge in [-0.25, -0.2) is 12.8 Å². The highest BCUT2D eigenvalue weighted by Gasteiger charge is 2.41. The lowest BCUT2D eigenvalue weighted by molar-refractivity contribution is -0.121. The number of nitrogens with one attached hydrogen (secondary N) is 1. The van der Waals surface area contributed by atoms with Gasteiger partial charge in [-0.3, -0.25) is 9.10 Å². The SMILES string of the molecule is CNC(=O)C1Cc2ccccc2N1S(=O)(=O)c1cccc(F)c1. The van der Waals surface area contributed by atoms with Crippen LogP contribution in [0.4, 0.5) is 10.1 Å². The Hall–Kier alpha value is -2.41. The Balaban J connectivity index is 2.15. The van der Waals surface area contributed by atoms with Gasteiger partial charge in [-0.1, -0.05) is 24.3 Å². The molecule has 0 bridgehead atoms. The van der Waals surface area contributed by atoms with Crippen molar-refractivity contribution >= 4 is 21.6 Å². The zero-order chi connectivity index (χ0) is 16.6. The maximum atomic E-state index is 13.4. The van der Waals surface area contributed by atoms with E-state index >= 15 is 0 Å². The number of hydrogen-bond acceptors (Lipinski definition) is 3. The molecule has 120 valence electrons. The first kappa shape index (κ1) is 15.5. The summed E-state index contributed by atoms with van der Waals surface area (Å²) in [7, 11) is -2.59. The van der Waals surface area contributed by atoms with Crippen molar-refractivity contribution in [1.29, 1.82) is 0 Å². The summed E-state index contributed by atoms with van der Waals surface area (Å²) in [5.41, 5.74) is 1.21. The van der Waals surface area contributed by atoms with Gasteiger partial charge in [0.15, 0.2) is 0 Å². The Bertz CT molecular complexity index is 867. The maximum Gasteiger partial charge on any atom is 0.265 e. The Morgan fingerprint density at radius 2 is 1.96 bits per heavy atom. The largest absolute Gasteiger partial charge is 0.357 e. The Morgan fingerprint density at radius 3 is 2.65 bits per heavy atom. The Morgan fingerprint density at radius 1 is 1.22 bits per heavy atom. The van der Waals surface area contributed by atoms with Crippen molar-refractivity contribution in [3.05, 3.63) is 59.9 Å². The summed E-state index contributed by atoms with van der Waals surface area (Å²) in [5.74, 6) is -1.05. The highest BCUT2D eigenvalue weighted by atomic mass is 32.2. The van der Waals surface area contributed by atoms with E-state index in [1.165, 1.54) is 25.2 Å². The molecule has 23 heavy (non-hydrogen) atoms. The topological polar surface area (TPSA) is 66.5 Å². The molecular formula is C16H15FN2O3S. The lowest BCUT2D eigenvalue weighted by Crippen LogP contribution is -2.47. The normalized spacial score (nSPS) is 17.0. The van der Waals surface area contributed by atoms with E-state index in [4.69, 9.17) is 0 Å². The van der Waals surface area contributed by atoms with Gasteiger partial charge < -0.3 is 5.32 Å². The summed E-state index contributed by atoms with van der Waals surface area (Å²) >= 11 is 0. The third-order valence-corrected chi connectivity index (χ3v) is 5.65. The van der Waals surface area contributed by atoms with E-state index in [2.05, 4.69) is 5.32 Å². The number of benzene rings is 2. The molecule has 0 radical (unpaired) electrons. The van der Waals surface area contributed by atoms with E-state index in [9.17, 15) is 17.6 Å². The first-order valence-electron chi connectivity index (χ1n) is 7.04. The van der Waals surface area contributed by atoms with Crippen LogP contribution >= 0.6 is 0 Å². The molecule has 7 heteroatoms. The molecule has 2 aromatic rings. The van der Waals surface area contributed by atoms with Crippen molar-refractivity contribution < 1.29 is 17.6 Å². The molecule has 0 saturated heterocycles. The number of anilines is 1. The van der Waals surface area contributed by atoms with E-state index < -0.39 is 27.8 Å². The lowest BCUT2D eigenvalue weighted by atomic mass is 10.1. The highest BCUT2D eigenvalue weighted by molar-refractivity contribution is 7.93. The van der Waals surface area contributed by atoms with Gasteiger partial charge in [-0.05, 0) is 29.8 Å². The molecule has 0 spiro atoms. The smallest absolute Gasteiger partial charge is 0.265 e. The third kappa shape index (κ3) is 2.57. The van der Waals surface area contributed by atoms with Crippen molar-refractivity contribution in [3.63, 3.8) is 0 Å². The number of hydrogen-bond donors (Lipinski definition) is 1. The van der Waals surface area contributed by atoms with Crippen molar-refractivity contribution in [2.24, 2.45) is 0 Å². The van der Waals surface area contributed by atoms with Crippen LogP contribution in [0.25, 0.3) is 0 Å². The number of likely N-dealkylation sites (N-methyl/N-ethyl adjacent to an activating group) is 1. The number of halogens is 1. The summed E-state index contributed by atoms with van der Waals surface area (Å²) in [5, 5.41) is 2.49. The number of carbonyl (C=O) groups excluding carboxylic acids is 1. The summed E-state index contributed by atoms with van der Waals surface area (Å²) in [6.45, 7) is 0. The second-order valence-corrected chi connectivity index (χ2v) is 7.04. The van der Waals surface area contributed by atoms with Crippen LogP contribution < -0.4 is 9.62 Å². The standard InChI is InChI=1S/C16H15FN2O3S/c1-18-16(20)15-9-11-5-2-3-8-14(11)19(15)23(21,22)13-7-4-6-12(17)10-13/h2-8,10,15H,9H2,1H3,(H,18,20). The predicted octanol–water partition coefficient (Wildman–Crippen LogP) is 1.69. The van der Waals surface area contributed by atoms with Gasteiger partial charge in [0.1, 0.15) is 11.9 Å². The average Bonchev–Trinajstić information content (AvgIpc) is 2.94. The molecule has 1 unspecified atom stereocenters. The summed E-state index contributed by atoms with van der Waals surface area (Å²) < 4.78 is 40.4. The molecule has 0 aromatic heterocycles. The first-order valence-corrected chi connectivity index (χ1v) is 8.48. The molecule has 0 saturated carbocycles. The molecule has 1 aliphatic heterocycles. The number of sulfonamides is 1. The van der Waals surface area contributed by atoms with Gasteiger partial charge >= 0.3 is 0 Å². The van der Waals surface area contributed by atoms with E-state index in [0.717, 1.165) is 15.9 Å². The fraction of sp³-hybridized carbons (Fsp3) is 0.188. The van der Waals surface area contributed by atoms with Crippen LogP contribution in [0, 0.1) is 5.82 Å². The highest BCUT2D eigenvalue weighted by Crippen LogP contribution is 2.36. The third-order valence-electron chi connectivity index (χ3n) is 3.83. The minimum absolute atomic E-state index is 0.178. The fourth-order valence-corrected chi connectivity index (χ4v) is 4.44. The number of nitrogens with zero attached hydrogens (tertiary/aromatic N) is 1. The molecule has 3 rings (SSSR count). The molecule has 1 aliphatic rings. The van der Waals surface area contributed by atoms with Gasteiger partial charge in [0.25, 0.3) is 10.0 Å². The van der Waals surface area contributed by atoms with E-state index in [1.807, 2.05) is 0 Å². The second-order valence-electron chi connectivity index (χ2n) is 5.22. The molecule has 1 atom stereocenters. The molecule has 1 N–H and O–H groups in total. The minimum Gasteiger partial charge on any atom is -0.357 e. The number of carbonyl (C=O) groups is 1. The van der Waals surface area contributed by atoms with Gasteiger partial charge in [-0.15, -0.1) is 0 Å². The van der Waals surface area contributed by atoms with Crippen molar-refractivity contribution in [2.45, 2.75) is 17.4 Å². The Kier molecular flexibility index (Phi) is 3.81. The van der Waals surface area contributed by atoms with E-state index in [0.29, 0.717) is 5.69 Å². The predicted molar refractivity (Wildman–Crippen MR) is 84.1 cm³/mol. The van der Waals surface area contributed by atoms with Gasteiger partial charge in [0.05, 0.1) is 10.6 Å². The zero-order valence-electron chi connectivity index (χ0n) is 12.4.